The van der Waals surface area contributed by atoms with Crippen LogP contribution in [0, 0.1) is 11.8 Å². The molecule has 0 spiro atoms. The average Bonchev–Trinajstić information content (AvgIpc) is 2.28. The number of ether oxygens (including phenoxy) is 1. The summed E-state index contributed by atoms with van der Waals surface area (Å²) in [7, 11) is 1.67. The van der Waals surface area contributed by atoms with Crippen molar-refractivity contribution in [3.05, 3.63) is 22.7 Å². The maximum atomic E-state index is 11.6. The molecule has 1 fully saturated rings. The van der Waals surface area contributed by atoms with Gasteiger partial charge in [0.05, 0.1) is 6.10 Å². The zero-order valence-corrected chi connectivity index (χ0v) is 14.6. The summed E-state index contributed by atoms with van der Waals surface area (Å²) in [6.45, 7) is 4.40. The van der Waals surface area contributed by atoms with Gasteiger partial charge in [-0.05, 0) is 49.3 Å². The molecule has 0 N–H and O–H groups in total. The standard InChI is InChI=1S/C14H18BrClO3S/c1-9-5-10(2)7-12(6-9)19-13-4-3-11(15)8-14(13)20(16,17)18/h3-4,8-10,12H,5-7H2,1-2H3. The summed E-state index contributed by atoms with van der Waals surface area (Å²) >= 11 is 3.25. The van der Waals surface area contributed by atoms with Gasteiger partial charge in [0.15, 0.2) is 0 Å². The summed E-state index contributed by atoms with van der Waals surface area (Å²) in [6, 6.07) is 4.90. The van der Waals surface area contributed by atoms with Crippen LogP contribution in [0.2, 0.25) is 0 Å². The van der Waals surface area contributed by atoms with Crippen molar-refractivity contribution in [3.63, 3.8) is 0 Å². The molecule has 0 heterocycles. The van der Waals surface area contributed by atoms with Gasteiger partial charge in [0.1, 0.15) is 10.6 Å². The van der Waals surface area contributed by atoms with Crippen LogP contribution in [0.15, 0.2) is 27.6 Å². The highest BCUT2D eigenvalue weighted by Crippen LogP contribution is 2.35. The van der Waals surface area contributed by atoms with E-state index in [0.717, 1.165) is 12.8 Å². The molecule has 1 saturated carbocycles. The zero-order valence-electron chi connectivity index (χ0n) is 11.5. The number of halogens is 2. The van der Waals surface area contributed by atoms with Crippen molar-refractivity contribution < 1.29 is 13.2 Å². The van der Waals surface area contributed by atoms with Crippen molar-refractivity contribution in [1.29, 1.82) is 0 Å². The second-order valence-electron chi connectivity index (χ2n) is 5.69. The highest BCUT2D eigenvalue weighted by Gasteiger charge is 2.27. The maximum absolute atomic E-state index is 11.6. The molecule has 1 aliphatic rings. The summed E-state index contributed by atoms with van der Waals surface area (Å²) < 4.78 is 29.9. The second-order valence-corrected chi connectivity index (χ2v) is 9.14. The lowest BCUT2D eigenvalue weighted by Gasteiger charge is -2.32. The first kappa shape index (κ1) is 16.1. The van der Waals surface area contributed by atoms with Crippen molar-refractivity contribution in [2.24, 2.45) is 11.8 Å². The first-order valence-corrected chi connectivity index (χ1v) is 9.77. The number of rotatable bonds is 3. The molecule has 0 aliphatic heterocycles. The van der Waals surface area contributed by atoms with Crippen LogP contribution in [-0.4, -0.2) is 14.5 Å². The third-order valence-corrected chi connectivity index (χ3v) is 5.43. The van der Waals surface area contributed by atoms with Crippen molar-refractivity contribution in [2.45, 2.75) is 44.1 Å². The molecule has 112 valence electrons. The van der Waals surface area contributed by atoms with Crippen molar-refractivity contribution in [1.82, 2.24) is 0 Å². The Morgan fingerprint density at radius 2 is 1.80 bits per heavy atom. The largest absolute Gasteiger partial charge is 0.489 e. The molecule has 2 atom stereocenters. The molecule has 6 heteroatoms. The Balaban J connectivity index is 2.25. The Kier molecular flexibility index (Phi) is 5.03. The van der Waals surface area contributed by atoms with Crippen molar-refractivity contribution >= 4 is 35.7 Å². The van der Waals surface area contributed by atoms with E-state index in [1.54, 1.807) is 12.1 Å². The third-order valence-electron chi connectivity index (χ3n) is 3.60. The molecule has 20 heavy (non-hydrogen) atoms. The predicted molar refractivity (Wildman–Crippen MR) is 83.8 cm³/mol. The summed E-state index contributed by atoms with van der Waals surface area (Å²) in [5.41, 5.74) is 0. The molecule has 0 saturated heterocycles. The van der Waals surface area contributed by atoms with Crippen LogP contribution in [0.3, 0.4) is 0 Å². The second kappa shape index (κ2) is 6.24. The number of hydrogen-bond donors (Lipinski definition) is 0. The topological polar surface area (TPSA) is 43.4 Å². The van der Waals surface area contributed by atoms with E-state index < -0.39 is 9.05 Å². The van der Waals surface area contributed by atoms with Crippen molar-refractivity contribution in [3.8, 4) is 5.75 Å². The van der Waals surface area contributed by atoms with Gasteiger partial charge in [-0.15, -0.1) is 0 Å². The molecule has 1 aliphatic carbocycles. The molecule has 0 radical (unpaired) electrons. The van der Waals surface area contributed by atoms with E-state index in [4.69, 9.17) is 15.4 Å². The first-order chi connectivity index (χ1) is 9.25. The van der Waals surface area contributed by atoms with E-state index >= 15 is 0 Å². The molecular weight excluding hydrogens is 364 g/mol. The van der Waals surface area contributed by atoms with Crippen LogP contribution >= 0.6 is 26.6 Å². The van der Waals surface area contributed by atoms with Gasteiger partial charge < -0.3 is 4.74 Å². The van der Waals surface area contributed by atoms with Gasteiger partial charge in [0.25, 0.3) is 9.05 Å². The average molecular weight is 382 g/mol. The SMILES string of the molecule is CC1CC(C)CC(Oc2ccc(Br)cc2S(=O)(=O)Cl)C1. The van der Waals surface area contributed by atoms with Crippen LogP contribution in [0.1, 0.15) is 33.1 Å². The fourth-order valence-corrected chi connectivity index (χ4v) is 4.42. The lowest BCUT2D eigenvalue weighted by atomic mass is 9.82. The van der Waals surface area contributed by atoms with Crippen LogP contribution in [0.5, 0.6) is 5.75 Å². The Morgan fingerprint density at radius 1 is 1.20 bits per heavy atom. The Hall–Kier alpha value is -0.260. The molecule has 0 amide bonds. The quantitative estimate of drug-likeness (QED) is 0.720. The van der Waals surface area contributed by atoms with Gasteiger partial charge in [0, 0.05) is 15.2 Å². The first-order valence-electron chi connectivity index (χ1n) is 6.66. The minimum atomic E-state index is -3.82. The molecule has 1 aromatic carbocycles. The summed E-state index contributed by atoms with van der Waals surface area (Å²) in [5, 5.41) is 0. The van der Waals surface area contributed by atoms with E-state index in [1.165, 1.54) is 12.5 Å². The lowest BCUT2D eigenvalue weighted by molar-refractivity contribution is 0.0983. The van der Waals surface area contributed by atoms with Gasteiger partial charge in [0.2, 0.25) is 0 Å². The molecule has 3 nitrogen and oxygen atoms in total. The fourth-order valence-electron chi connectivity index (χ4n) is 2.92. The predicted octanol–water partition coefficient (Wildman–Crippen LogP) is 4.58. The van der Waals surface area contributed by atoms with Gasteiger partial charge in [-0.1, -0.05) is 29.8 Å². The van der Waals surface area contributed by atoms with E-state index in [1.807, 2.05) is 0 Å². The van der Waals surface area contributed by atoms with Crippen LogP contribution < -0.4 is 4.74 Å². The minimum absolute atomic E-state index is 0.0272. The van der Waals surface area contributed by atoms with Gasteiger partial charge in [-0.25, -0.2) is 8.42 Å². The highest BCUT2D eigenvalue weighted by atomic mass is 79.9. The van der Waals surface area contributed by atoms with Crippen LogP contribution in [0.4, 0.5) is 0 Å². The molecule has 2 rings (SSSR count). The van der Waals surface area contributed by atoms with Gasteiger partial charge in [-0.3, -0.25) is 0 Å². The molecule has 0 bridgehead atoms. The van der Waals surface area contributed by atoms with E-state index in [2.05, 4.69) is 29.8 Å². The summed E-state index contributed by atoms with van der Waals surface area (Å²) in [4.78, 5) is 0.0272. The minimum Gasteiger partial charge on any atom is -0.489 e. The summed E-state index contributed by atoms with van der Waals surface area (Å²) in [5.74, 6) is 1.53. The Bertz CT molecular complexity index is 578. The van der Waals surface area contributed by atoms with E-state index in [0.29, 0.717) is 22.1 Å². The molecule has 2 unspecified atom stereocenters. The maximum Gasteiger partial charge on any atom is 0.265 e. The number of benzene rings is 1. The third kappa shape index (κ3) is 4.12. The smallest absolute Gasteiger partial charge is 0.265 e. The molecular formula is C14H18BrClO3S. The molecule has 0 aromatic heterocycles. The Morgan fingerprint density at radius 3 is 2.35 bits per heavy atom. The van der Waals surface area contributed by atoms with Crippen LogP contribution in [0.25, 0.3) is 0 Å². The lowest BCUT2D eigenvalue weighted by Crippen LogP contribution is -2.28. The van der Waals surface area contributed by atoms with E-state index in [-0.39, 0.29) is 11.0 Å². The Labute approximate surface area is 133 Å². The van der Waals surface area contributed by atoms with Crippen molar-refractivity contribution in [2.75, 3.05) is 0 Å². The zero-order chi connectivity index (χ0) is 14.9. The summed E-state index contributed by atoms with van der Waals surface area (Å²) in [6.07, 6.45) is 3.14. The van der Waals surface area contributed by atoms with Gasteiger partial charge in [-0.2, -0.15) is 0 Å². The monoisotopic (exact) mass is 380 g/mol. The highest BCUT2D eigenvalue weighted by molar-refractivity contribution is 9.10. The van der Waals surface area contributed by atoms with E-state index in [9.17, 15) is 8.42 Å². The van der Waals surface area contributed by atoms with Gasteiger partial charge >= 0.3 is 0 Å². The van der Waals surface area contributed by atoms with Crippen LogP contribution in [-0.2, 0) is 9.05 Å². The fraction of sp³-hybridized carbons (Fsp3) is 0.571. The normalized spacial score (nSPS) is 27.3. The number of hydrogen-bond acceptors (Lipinski definition) is 3. The molecule has 1 aromatic rings.